The first-order chi connectivity index (χ1) is 9.50. The molecule has 20 heavy (non-hydrogen) atoms. The summed E-state index contributed by atoms with van der Waals surface area (Å²) in [6, 6.07) is 9.30. The smallest absolute Gasteiger partial charge is 0.123 e. The van der Waals surface area contributed by atoms with Crippen molar-refractivity contribution in [1.82, 2.24) is 5.32 Å². The first-order valence-corrected chi connectivity index (χ1v) is 7.37. The lowest BCUT2D eigenvalue weighted by Crippen LogP contribution is -2.17. The lowest BCUT2D eigenvalue weighted by molar-refractivity contribution is 0.262. The van der Waals surface area contributed by atoms with Gasteiger partial charge < -0.3 is 10.1 Å². The number of aryl methyl sites for hydroxylation is 1. The van der Waals surface area contributed by atoms with Crippen molar-refractivity contribution in [1.29, 1.82) is 5.26 Å². The summed E-state index contributed by atoms with van der Waals surface area (Å²) in [5.41, 5.74) is 2.14. The molecule has 0 atom stereocenters. The number of hydrogen-bond donors (Lipinski definition) is 1. The van der Waals surface area contributed by atoms with Gasteiger partial charge in [-0.05, 0) is 46.1 Å². The third-order valence-electron chi connectivity index (χ3n) is 3.66. The molecule has 3 nitrogen and oxygen atoms in total. The molecular formula is C17H24N2O. The Balaban J connectivity index is 1.93. The van der Waals surface area contributed by atoms with Gasteiger partial charge in [0.2, 0.25) is 0 Å². The second-order valence-corrected chi connectivity index (χ2v) is 6.36. The van der Waals surface area contributed by atoms with Crippen LogP contribution in [0.4, 0.5) is 0 Å². The minimum Gasteiger partial charge on any atom is -0.493 e. The number of nitriles is 1. The van der Waals surface area contributed by atoms with Gasteiger partial charge in [-0.25, -0.2) is 0 Å². The van der Waals surface area contributed by atoms with Crippen LogP contribution in [-0.4, -0.2) is 12.6 Å². The van der Waals surface area contributed by atoms with E-state index < -0.39 is 0 Å². The molecule has 0 aliphatic heterocycles. The van der Waals surface area contributed by atoms with Crippen molar-refractivity contribution < 1.29 is 4.74 Å². The van der Waals surface area contributed by atoms with Crippen molar-refractivity contribution >= 4 is 0 Å². The van der Waals surface area contributed by atoms with E-state index in [0.717, 1.165) is 18.7 Å². The van der Waals surface area contributed by atoms with Crippen LogP contribution in [0.25, 0.3) is 0 Å². The Morgan fingerprint density at radius 3 is 2.80 bits per heavy atom. The molecule has 0 radical (unpaired) electrons. The normalized spacial score (nSPS) is 14.9. The Kier molecular flexibility index (Phi) is 4.67. The summed E-state index contributed by atoms with van der Waals surface area (Å²) in [5.74, 6) is 0.942. The third kappa shape index (κ3) is 4.54. The van der Waals surface area contributed by atoms with Gasteiger partial charge in [0.25, 0.3) is 0 Å². The fourth-order valence-corrected chi connectivity index (χ4v) is 2.00. The van der Waals surface area contributed by atoms with E-state index >= 15 is 0 Å². The van der Waals surface area contributed by atoms with Crippen molar-refractivity contribution in [3.05, 3.63) is 29.3 Å². The zero-order valence-corrected chi connectivity index (χ0v) is 12.7. The van der Waals surface area contributed by atoms with Crippen LogP contribution in [-0.2, 0) is 6.54 Å². The fourth-order valence-electron chi connectivity index (χ4n) is 2.00. The summed E-state index contributed by atoms with van der Waals surface area (Å²) in [7, 11) is 0. The SMILES string of the molecule is Cc1ccc(OCCC(C)(C)C#N)c(CNC2CC2)c1. The van der Waals surface area contributed by atoms with Crippen LogP contribution in [0.3, 0.4) is 0 Å². The molecule has 0 bridgehead atoms. The molecule has 108 valence electrons. The van der Waals surface area contributed by atoms with E-state index in [1.807, 2.05) is 19.9 Å². The molecule has 0 unspecified atom stereocenters. The zero-order chi connectivity index (χ0) is 14.6. The van der Waals surface area contributed by atoms with Gasteiger partial charge in [0.05, 0.1) is 18.1 Å². The maximum absolute atomic E-state index is 9.02. The topological polar surface area (TPSA) is 45.0 Å². The van der Waals surface area contributed by atoms with Crippen LogP contribution < -0.4 is 10.1 Å². The van der Waals surface area contributed by atoms with Crippen LogP contribution in [0.1, 0.15) is 44.2 Å². The van der Waals surface area contributed by atoms with Gasteiger partial charge in [-0.3, -0.25) is 0 Å². The molecule has 3 heteroatoms. The average molecular weight is 272 g/mol. The monoisotopic (exact) mass is 272 g/mol. The number of ether oxygens (including phenoxy) is 1. The van der Waals surface area contributed by atoms with Gasteiger partial charge >= 0.3 is 0 Å². The maximum Gasteiger partial charge on any atom is 0.123 e. The van der Waals surface area contributed by atoms with Crippen molar-refractivity contribution in [2.24, 2.45) is 5.41 Å². The number of hydrogen-bond acceptors (Lipinski definition) is 3. The van der Waals surface area contributed by atoms with Gasteiger partial charge in [0, 0.05) is 18.2 Å². The lowest BCUT2D eigenvalue weighted by Gasteiger charge is -2.17. The molecule has 1 aliphatic rings. The van der Waals surface area contributed by atoms with Gasteiger partial charge in [0.1, 0.15) is 5.75 Å². The van der Waals surface area contributed by atoms with E-state index in [9.17, 15) is 0 Å². The number of nitrogens with one attached hydrogen (secondary N) is 1. The molecule has 0 saturated heterocycles. The summed E-state index contributed by atoms with van der Waals surface area (Å²) < 4.78 is 5.89. The molecule has 0 aromatic heterocycles. The highest BCUT2D eigenvalue weighted by Crippen LogP contribution is 2.25. The van der Waals surface area contributed by atoms with Gasteiger partial charge in [-0.2, -0.15) is 5.26 Å². The number of benzene rings is 1. The summed E-state index contributed by atoms with van der Waals surface area (Å²) >= 11 is 0. The van der Waals surface area contributed by atoms with Crippen LogP contribution in [0.5, 0.6) is 5.75 Å². The first kappa shape index (κ1) is 14.9. The van der Waals surface area contributed by atoms with Crippen molar-refractivity contribution in [2.75, 3.05) is 6.61 Å². The van der Waals surface area contributed by atoms with Crippen molar-refractivity contribution in [3.63, 3.8) is 0 Å². The predicted molar refractivity (Wildman–Crippen MR) is 80.5 cm³/mol. The lowest BCUT2D eigenvalue weighted by atomic mass is 9.92. The zero-order valence-electron chi connectivity index (χ0n) is 12.7. The van der Waals surface area contributed by atoms with Crippen LogP contribution in [0.2, 0.25) is 0 Å². The first-order valence-electron chi connectivity index (χ1n) is 7.37. The summed E-state index contributed by atoms with van der Waals surface area (Å²) in [5, 5.41) is 12.5. The highest BCUT2D eigenvalue weighted by molar-refractivity contribution is 5.37. The number of rotatable bonds is 7. The Morgan fingerprint density at radius 1 is 1.40 bits per heavy atom. The second kappa shape index (κ2) is 6.28. The molecule has 1 aromatic rings. The Labute approximate surface area is 121 Å². The van der Waals surface area contributed by atoms with Gasteiger partial charge in [-0.1, -0.05) is 17.7 Å². The molecule has 1 aliphatic carbocycles. The Morgan fingerprint density at radius 2 is 2.15 bits per heavy atom. The second-order valence-electron chi connectivity index (χ2n) is 6.36. The molecule has 1 aromatic carbocycles. The standard InChI is InChI=1S/C17H24N2O/c1-13-4-7-16(20-9-8-17(2,3)12-18)14(10-13)11-19-15-5-6-15/h4,7,10,15,19H,5-6,8-9,11H2,1-3H3. The molecule has 1 fully saturated rings. The molecule has 0 amide bonds. The Bertz CT molecular complexity index is 498. The molecular weight excluding hydrogens is 248 g/mol. The van der Waals surface area contributed by atoms with Crippen LogP contribution in [0, 0.1) is 23.7 Å². The number of nitrogens with zero attached hydrogens (tertiary/aromatic N) is 1. The average Bonchev–Trinajstić information content (AvgIpc) is 3.22. The minimum atomic E-state index is -0.322. The molecule has 0 spiro atoms. The van der Waals surface area contributed by atoms with Crippen LogP contribution in [0.15, 0.2) is 18.2 Å². The summed E-state index contributed by atoms with van der Waals surface area (Å²) in [6.45, 7) is 7.44. The van der Waals surface area contributed by atoms with Crippen molar-refractivity contribution in [3.8, 4) is 11.8 Å². The maximum atomic E-state index is 9.02. The van der Waals surface area contributed by atoms with E-state index in [1.165, 1.54) is 24.0 Å². The molecule has 0 heterocycles. The summed E-state index contributed by atoms with van der Waals surface area (Å²) in [6.07, 6.45) is 3.32. The van der Waals surface area contributed by atoms with E-state index in [-0.39, 0.29) is 5.41 Å². The van der Waals surface area contributed by atoms with E-state index in [0.29, 0.717) is 12.6 Å². The molecule has 1 saturated carbocycles. The van der Waals surface area contributed by atoms with Crippen LogP contribution >= 0.6 is 0 Å². The van der Waals surface area contributed by atoms with E-state index in [1.54, 1.807) is 0 Å². The minimum absolute atomic E-state index is 0.322. The largest absolute Gasteiger partial charge is 0.493 e. The van der Waals surface area contributed by atoms with E-state index in [4.69, 9.17) is 10.00 Å². The molecule has 2 rings (SSSR count). The fraction of sp³-hybridized carbons (Fsp3) is 0.588. The van der Waals surface area contributed by atoms with Gasteiger partial charge in [0.15, 0.2) is 0 Å². The Hall–Kier alpha value is -1.53. The van der Waals surface area contributed by atoms with Gasteiger partial charge in [-0.15, -0.1) is 0 Å². The van der Waals surface area contributed by atoms with E-state index in [2.05, 4.69) is 30.4 Å². The highest BCUT2D eigenvalue weighted by atomic mass is 16.5. The molecule has 1 N–H and O–H groups in total. The van der Waals surface area contributed by atoms with Crippen molar-refractivity contribution in [2.45, 2.75) is 52.6 Å². The third-order valence-corrected chi connectivity index (χ3v) is 3.66. The highest BCUT2D eigenvalue weighted by Gasteiger charge is 2.21. The summed E-state index contributed by atoms with van der Waals surface area (Å²) in [4.78, 5) is 0. The predicted octanol–water partition coefficient (Wildman–Crippen LogP) is 3.57. The quantitative estimate of drug-likeness (QED) is 0.825.